The molecule has 1 unspecified atom stereocenters. The summed E-state index contributed by atoms with van der Waals surface area (Å²) in [4.78, 5) is 10.8. The Balaban J connectivity index is 2.31. The van der Waals surface area contributed by atoms with Gasteiger partial charge in [0.2, 0.25) is 0 Å². The Morgan fingerprint density at radius 2 is 2.33 bits per heavy atom. The zero-order chi connectivity index (χ0) is 6.85. The van der Waals surface area contributed by atoms with Gasteiger partial charge in [-0.1, -0.05) is 0 Å². The number of carbonyl (C=O) groups excluding carboxylic acids is 1. The van der Waals surface area contributed by atoms with Crippen LogP contribution in [0.15, 0.2) is 0 Å². The molecule has 1 aliphatic carbocycles. The summed E-state index contributed by atoms with van der Waals surface area (Å²) in [7, 11) is 0. The Labute approximate surface area is 53.9 Å². The second-order valence-electron chi connectivity index (χ2n) is 2.43. The van der Waals surface area contributed by atoms with Crippen LogP contribution in [0.2, 0.25) is 0 Å². The summed E-state index contributed by atoms with van der Waals surface area (Å²) < 4.78 is 0. The maximum Gasteiger partial charge on any atom is 0.165 e. The van der Waals surface area contributed by atoms with Crippen molar-refractivity contribution < 1.29 is 9.90 Å². The molecule has 1 aliphatic rings. The summed E-state index contributed by atoms with van der Waals surface area (Å²) >= 11 is 0. The van der Waals surface area contributed by atoms with Crippen molar-refractivity contribution >= 4 is 5.78 Å². The van der Waals surface area contributed by atoms with Crippen molar-refractivity contribution in [3.8, 4) is 0 Å². The summed E-state index contributed by atoms with van der Waals surface area (Å²) in [6, 6.07) is 0. The average molecular weight is 129 g/mol. The first kappa shape index (κ1) is 6.71. The van der Waals surface area contributed by atoms with Crippen molar-refractivity contribution in [1.82, 2.24) is 0 Å². The predicted octanol–water partition coefficient (Wildman–Crippen LogP) is -0.715. The van der Waals surface area contributed by atoms with E-state index in [0.29, 0.717) is 0 Å². The minimum atomic E-state index is -0.905. The van der Waals surface area contributed by atoms with Gasteiger partial charge in [0.15, 0.2) is 5.78 Å². The Hall–Kier alpha value is -0.410. The molecule has 3 heteroatoms. The molecule has 0 aromatic rings. The van der Waals surface area contributed by atoms with Crippen molar-refractivity contribution in [1.29, 1.82) is 0 Å². The molecule has 0 aliphatic heterocycles. The molecule has 0 aromatic carbocycles. The van der Waals surface area contributed by atoms with E-state index in [1.54, 1.807) is 0 Å². The van der Waals surface area contributed by atoms with Gasteiger partial charge in [-0.3, -0.25) is 4.79 Å². The minimum Gasteiger partial charge on any atom is -0.384 e. The van der Waals surface area contributed by atoms with Crippen LogP contribution in [0.1, 0.15) is 12.8 Å². The minimum absolute atomic E-state index is 0.0648. The lowest BCUT2D eigenvalue weighted by Gasteiger charge is -2.02. The summed E-state index contributed by atoms with van der Waals surface area (Å²) in [6.45, 7) is 0.0648. The number of aliphatic hydroxyl groups excluding tert-OH is 1. The fraction of sp³-hybridized carbons (Fsp3) is 0.833. The van der Waals surface area contributed by atoms with Crippen molar-refractivity contribution in [3.63, 3.8) is 0 Å². The van der Waals surface area contributed by atoms with Gasteiger partial charge in [-0.25, -0.2) is 0 Å². The fourth-order valence-corrected chi connectivity index (χ4v) is 0.756. The van der Waals surface area contributed by atoms with E-state index in [2.05, 4.69) is 0 Å². The fourth-order valence-electron chi connectivity index (χ4n) is 0.756. The molecule has 0 bridgehead atoms. The van der Waals surface area contributed by atoms with Crippen LogP contribution in [0.4, 0.5) is 0 Å². The third kappa shape index (κ3) is 1.50. The third-order valence-electron chi connectivity index (χ3n) is 1.53. The molecule has 0 radical (unpaired) electrons. The van der Waals surface area contributed by atoms with Crippen LogP contribution in [0, 0.1) is 5.92 Å². The SMILES string of the molecule is NCC(O)C(=O)C1CC1. The highest BCUT2D eigenvalue weighted by Crippen LogP contribution is 2.30. The van der Waals surface area contributed by atoms with Crippen LogP contribution in [-0.2, 0) is 4.79 Å². The molecule has 0 amide bonds. The van der Waals surface area contributed by atoms with E-state index in [1.165, 1.54) is 0 Å². The summed E-state index contributed by atoms with van der Waals surface area (Å²) in [5.41, 5.74) is 5.07. The van der Waals surface area contributed by atoms with Gasteiger partial charge in [-0.05, 0) is 12.8 Å². The molecule has 1 saturated carbocycles. The Kier molecular flexibility index (Phi) is 1.83. The number of Topliss-reactive ketones (excluding diaryl/α,β-unsaturated/α-hetero) is 1. The van der Waals surface area contributed by atoms with E-state index in [9.17, 15) is 4.79 Å². The highest BCUT2D eigenvalue weighted by molar-refractivity contribution is 5.87. The molecule has 0 aromatic heterocycles. The molecule has 1 rings (SSSR count). The third-order valence-corrected chi connectivity index (χ3v) is 1.53. The molecule has 52 valence electrons. The Bertz CT molecular complexity index is 120. The van der Waals surface area contributed by atoms with Crippen molar-refractivity contribution in [3.05, 3.63) is 0 Å². The maximum atomic E-state index is 10.8. The summed E-state index contributed by atoms with van der Waals surface area (Å²) in [5.74, 6) is 0.0565. The van der Waals surface area contributed by atoms with Gasteiger partial charge in [-0.2, -0.15) is 0 Å². The number of aliphatic hydroxyl groups is 1. The second kappa shape index (κ2) is 2.45. The largest absolute Gasteiger partial charge is 0.384 e. The summed E-state index contributed by atoms with van der Waals surface area (Å²) in [6.07, 6.45) is 0.976. The molecule has 0 heterocycles. The molecule has 1 fully saturated rings. The van der Waals surface area contributed by atoms with Gasteiger partial charge in [-0.15, -0.1) is 0 Å². The molecule has 0 saturated heterocycles. The van der Waals surface area contributed by atoms with Crippen LogP contribution in [0.5, 0.6) is 0 Å². The lowest BCUT2D eigenvalue weighted by molar-refractivity contribution is -0.127. The Morgan fingerprint density at radius 1 is 1.78 bits per heavy atom. The summed E-state index contributed by atoms with van der Waals surface area (Å²) in [5, 5.41) is 8.86. The molecule has 1 atom stereocenters. The van der Waals surface area contributed by atoms with Crippen LogP contribution >= 0.6 is 0 Å². The zero-order valence-corrected chi connectivity index (χ0v) is 5.21. The molecular formula is C6H11NO2. The maximum absolute atomic E-state index is 10.8. The molecule has 0 spiro atoms. The number of rotatable bonds is 3. The lowest BCUT2D eigenvalue weighted by atomic mass is 10.1. The standard InChI is InChI=1S/C6H11NO2/c7-3-5(8)6(9)4-1-2-4/h4-5,8H,1-3,7H2. The van der Waals surface area contributed by atoms with Crippen molar-refractivity contribution in [2.75, 3.05) is 6.54 Å². The van der Waals surface area contributed by atoms with Gasteiger partial charge in [0, 0.05) is 12.5 Å². The van der Waals surface area contributed by atoms with E-state index in [1.807, 2.05) is 0 Å². The monoisotopic (exact) mass is 129 g/mol. The molecular weight excluding hydrogens is 118 g/mol. The average Bonchev–Trinajstić information content (AvgIpc) is 2.66. The number of carbonyl (C=O) groups is 1. The molecule has 3 nitrogen and oxygen atoms in total. The van der Waals surface area contributed by atoms with Crippen LogP contribution < -0.4 is 5.73 Å². The highest BCUT2D eigenvalue weighted by atomic mass is 16.3. The predicted molar refractivity (Wildman–Crippen MR) is 32.8 cm³/mol. The van der Waals surface area contributed by atoms with Gasteiger partial charge in [0.05, 0.1) is 0 Å². The zero-order valence-electron chi connectivity index (χ0n) is 5.21. The van der Waals surface area contributed by atoms with Gasteiger partial charge < -0.3 is 10.8 Å². The molecule has 9 heavy (non-hydrogen) atoms. The van der Waals surface area contributed by atoms with Gasteiger partial charge >= 0.3 is 0 Å². The second-order valence-corrected chi connectivity index (χ2v) is 2.43. The smallest absolute Gasteiger partial charge is 0.165 e. The van der Waals surface area contributed by atoms with Crippen LogP contribution in [0.25, 0.3) is 0 Å². The van der Waals surface area contributed by atoms with Crippen molar-refractivity contribution in [2.24, 2.45) is 11.7 Å². The number of ketones is 1. The Morgan fingerprint density at radius 3 is 2.67 bits per heavy atom. The lowest BCUT2D eigenvalue weighted by Crippen LogP contribution is -2.30. The van der Waals surface area contributed by atoms with Crippen molar-refractivity contribution in [2.45, 2.75) is 18.9 Å². The molecule has 3 N–H and O–H groups in total. The first-order valence-corrected chi connectivity index (χ1v) is 3.17. The van der Waals surface area contributed by atoms with E-state index in [4.69, 9.17) is 10.8 Å². The topological polar surface area (TPSA) is 63.3 Å². The number of hydrogen-bond donors (Lipinski definition) is 2. The van der Waals surface area contributed by atoms with Crippen LogP contribution in [0.3, 0.4) is 0 Å². The van der Waals surface area contributed by atoms with Gasteiger partial charge in [0.25, 0.3) is 0 Å². The van der Waals surface area contributed by atoms with E-state index in [-0.39, 0.29) is 18.2 Å². The van der Waals surface area contributed by atoms with Gasteiger partial charge in [0.1, 0.15) is 6.10 Å². The quantitative estimate of drug-likeness (QED) is 0.529. The van der Waals surface area contributed by atoms with Crippen LogP contribution in [-0.4, -0.2) is 23.5 Å². The highest BCUT2D eigenvalue weighted by Gasteiger charge is 2.32. The van der Waals surface area contributed by atoms with E-state index in [0.717, 1.165) is 12.8 Å². The number of hydrogen-bond acceptors (Lipinski definition) is 3. The number of nitrogens with two attached hydrogens (primary N) is 1. The normalized spacial score (nSPS) is 21.6. The first-order valence-electron chi connectivity index (χ1n) is 3.17. The van der Waals surface area contributed by atoms with E-state index >= 15 is 0 Å². The first-order chi connectivity index (χ1) is 4.25. The van der Waals surface area contributed by atoms with E-state index < -0.39 is 6.10 Å².